The molecule has 2 aliphatic heterocycles. The quantitative estimate of drug-likeness (QED) is 0.925. The number of carbonyl (C=O) groups excluding carboxylic acids is 1. The Morgan fingerprint density at radius 3 is 2.57 bits per heavy atom. The van der Waals surface area contributed by atoms with Crippen molar-refractivity contribution >= 4 is 11.6 Å². The van der Waals surface area contributed by atoms with E-state index in [1.54, 1.807) is 0 Å². The molecule has 2 atom stereocenters. The molecule has 1 aromatic carbocycles. The smallest absolute Gasteiger partial charge is 0.254 e. The van der Waals surface area contributed by atoms with Gasteiger partial charge in [0.15, 0.2) is 0 Å². The van der Waals surface area contributed by atoms with Gasteiger partial charge in [-0.3, -0.25) is 4.79 Å². The van der Waals surface area contributed by atoms with Gasteiger partial charge in [0.2, 0.25) is 0 Å². The maximum atomic E-state index is 12.8. The molecule has 2 saturated heterocycles. The Morgan fingerprint density at radius 1 is 1.19 bits per heavy atom. The van der Waals surface area contributed by atoms with Crippen molar-refractivity contribution in [3.05, 3.63) is 29.8 Å². The number of amides is 1. The van der Waals surface area contributed by atoms with Crippen molar-refractivity contribution in [1.29, 1.82) is 0 Å². The first kappa shape index (κ1) is 14.4. The largest absolute Gasteiger partial charge is 0.378 e. The second-order valence-corrected chi connectivity index (χ2v) is 6.35. The van der Waals surface area contributed by atoms with Crippen LogP contribution >= 0.6 is 0 Å². The summed E-state index contributed by atoms with van der Waals surface area (Å²) >= 11 is 0. The topological polar surface area (TPSA) is 35.6 Å². The number of hydrogen-bond donors (Lipinski definition) is 1. The molecular weight excluding hydrogens is 262 g/mol. The highest BCUT2D eigenvalue weighted by Crippen LogP contribution is 2.26. The highest BCUT2D eigenvalue weighted by atomic mass is 16.2. The Bertz CT molecular complexity index is 491. The molecular formula is C17H25N3O. The van der Waals surface area contributed by atoms with Crippen molar-refractivity contribution in [2.75, 3.05) is 32.1 Å². The number of benzene rings is 1. The van der Waals surface area contributed by atoms with Gasteiger partial charge in [-0.15, -0.1) is 0 Å². The van der Waals surface area contributed by atoms with Crippen LogP contribution in [0, 0.1) is 0 Å². The summed E-state index contributed by atoms with van der Waals surface area (Å²) in [5.74, 6) is 0.191. The van der Waals surface area contributed by atoms with E-state index in [0.717, 1.165) is 37.2 Å². The molecule has 114 valence electrons. The molecule has 4 nitrogen and oxygen atoms in total. The van der Waals surface area contributed by atoms with Crippen LogP contribution in [0.3, 0.4) is 0 Å². The van der Waals surface area contributed by atoms with Crippen LogP contribution in [-0.2, 0) is 0 Å². The lowest BCUT2D eigenvalue weighted by atomic mass is 10.0. The number of carbonyl (C=O) groups is 1. The molecule has 1 aromatic rings. The van der Waals surface area contributed by atoms with E-state index in [1.165, 1.54) is 12.8 Å². The predicted molar refractivity (Wildman–Crippen MR) is 85.9 cm³/mol. The van der Waals surface area contributed by atoms with Crippen LogP contribution in [0.4, 0.5) is 5.69 Å². The van der Waals surface area contributed by atoms with Crippen LogP contribution in [0.5, 0.6) is 0 Å². The molecule has 0 aromatic heterocycles. The lowest BCUT2D eigenvalue weighted by molar-refractivity contribution is 0.0711. The van der Waals surface area contributed by atoms with Gasteiger partial charge in [-0.05, 0) is 56.5 Å². The fourth-order valence-corrected chi connectivity index (χ4v) is 3.57. The monoisotopic (exact) mass is 287 g/mol. The lowest BCUT2D eigenvalue weighted by Gasteiger charge is -2.29. The van der Waals surface area contributed by atoms with Gasteiger partial charge in [-0.25, -0.2) is 0 Å². The van der Waals surface area contributed by atoms with E-state index in [9.17, 15) is 4.79 Å². The summed E-state index contributed by atoms with van der Waals surface area (Å²) in [5, 5.41) is 3.56. The van der Waals surface area contributed by atoms with Crippen molar-refractivity contribution in [1.82, 2.24) is 10.2 Å². The second-order valence-electron chi connectivity index (χ2n) is 6.35. The van der Waals surface area contributed by atoms with Crippen molar-refractivity contribution in [3.8, 4) is 0 Å². The summed E-state index contributed by atoms with van der Waals surface area (Å²) in [4.78, 5) is 16.9. The highest BCUT2D eigenvalue weighted by molar-refractivity contribution is 5.95. The van der Waals surface area contributed by atoms with Crippen LogP contribution in [0.25, 0.3) is 0 Å². The molecule has 0 spiro atoms. The number of nitrogens with zero attached hydrogens (tertiary/aromatic N) is 2. The minimum absolute atomic E-state index is 0.191. The van der Waals surface area contributed by atoms with Crippen LogP contribution in [0.2, 0.25) is 0 Å². The maximum Gasteiger partial charge on any atom is 0.254 e. The molecule has 2 fully saturated rings. The van der Waals surface area contributed by atoms with E-state index in [4.69, 9.17) is 0 Å². The zero-order valence-electron chi connectivity index (χ0n) is 13.0. The van der Waals surface area contributed by atoms with E-state index < -0.39 is 0 Å². The van der Waals surface area contributed by atoms with Crippen LogP contribution in [0.15, 0.2) is 24.3 Å². The average Bonchev–Trinajstić information content (AvgIpc) is 3.17. The standard InChI is InChI=1S/C17H25N3O/c1-19(2)14-9-7-13(8-10-14)17(21)20-12-4-6-16(20)15-5-3-11-18-15/h7-10,15-16,18H,3-6,11-12H2,1-2H3. The lowest BCUT2D eigenvalue weighted by Crippen LogP contribution is -2.46. The summed E-state index contributed by atoms with van der Waals surface area (Å²) in [6, 6.07) is 8.83. The number of nitrogens with one attached hydrogen (secondary N) is 1. The zero-order valence-corrected chi connectivity index (χ0v) is 13.0. The van der Waals surface area contributed by atoms with Gasteiger partial charge < -0.3 is 15.1 Å². The van der Waals surface area contributed by atoms with Gasteiger partial charge in [0.05, 0.1) is 0 Å². The van der Waals surface area contributed by atoms with Gasteiger partial charge in [0.25, 0.3) is 5.91 Å². The van der Waals surface area contributed by atoms with E-state index in [-0.39, 0.29) is 5.91 Å². The number of anilines is 1. The average molecular weight is 287 g/mol. The Kier molecular flexibility index (Phi) is 4.15. The molecule has 1 N–H and O–H groups in total. The van der Waals surface area contributed by atoms with Gasteiger partial charge in [0.1, 0.15) is 0 Å². The fraction of sp³-hybridized carbons (Fsp3) is 0.588. The summed E-state index contributed by atoms with van der Waals surface area (Å²) in [6.45, 7) is 2.00. The van der Waals surface area contributed by atoms with E-state index in [1.807, 2.05) is 38.4 Å². The number of hydrogen-bond acceptors (Lipinski definition) is 3. The molecule has 0 bridgehead atoms. The Labute approximate surface area is 127 Å². The molecule has 2 unspecified atom stereocenters. The molecule has 21 heavy (non-hydrogen) atoms. The van der Waals surface area contributed by atoms with Crippen molar-refractivity contribution in [3.63, 3.8) is 0 Å². The van der Waals surface area contributed by atoms with E-state index in [2.05, 4.69) is 15.1 Å². The molecule has 0 radical (unpaired) electrons. The van der Waals surface area contributed by atoms with Crippen molar-refractivity contribution in [2.24, 2.45) is 0 Å². The van der Waals surface area contributed by atoms with Crippen LogP contribution in [0.1, 0.15) is 36.0 Å². The summed E-state index contributed by atoms with van der Waals surface area (Å²) in [7, 11) is 4.03. The van der Waals surface area contributed by atoms with Gasteiger partial charge in [-0.2, -0.15) is 0 Å². The van der Waals surface area contributed by atoms with Gasteiger partial charge in [-0.1, -0.05) is 0 Å². The first-order valence-electron chi connectivity index (χ1n) is 7.98. The maximum absolute atomic E-state index is 12.8. The van der Waals surface area contributed by atoms with Crippen LogP contribution in [-0.4, -0.2) is 50.1 Å². The van der Waals surface area contributed by atoms with Gasteiger partial charge in [0, 0.05) is 44.0 Å². The fourth-order valence-electron chi connectivity index (χ4n) is 3.57. The third kappa shape index (κ3) is 2.91. The molecule has 2 aliphatic rings. The van der Waals surface area contributed by atoms with Crippen molar-refractivity contribution in [2.45, 2.75) is 37.8 Å². The van der Waals surface area contributed by atoms with E-state index in [0.29, 0.717) is 12.1 Å². The minimum Gasteiger partial charge on any atom is -0.378 e. The first-order chi connectivity index (χ1) is 10.2. The Hall–Kier alpha value is -1.55. The normalized spacial score (nSPS) is 25.3. The Morgan fingerprint density at radius 2 is 1.95 bits per heavy atom. The van der Waals surface area contributed by atoms with E-state index >= 15 is 0 Å². The summed E-state index contributed by atoms with van der Waals surface area (Å²) < 4.78 is 0. The molecule has 0 aliphatic carbocycles. The SMILES string of the molecule is CN(C)c1ccc(C(=O)N2CCCC2C2CCCN2)cc1. The second kappa shape index (κ2) is 6.06. The number of likely N-dealkylation sites (tertiary alicyclic amines) is 1. The molecule has 2 heterocycles. The van der Waals surface area contributed by atoms with Crippen LogP contribution < -0.4 is 10.2 Å². The zero-order chi connectivity index (χ0) is 14.8. The highest BCUT2D eigenvalue weighted by Gasteiger charge is 2.36. The molecule has 1 amide bonds. The molecule has 0 saturated carbocycles. The third-order valence-electron chi connectivity index (χ3n) is 4.75. The summed E-state index contributed by atoms with van der Waals surface area (Å²) in [5.41, 5.74) is 1.94. The number of rotatable bonds is 3. The first-order valence-corrected chi connectivity index (χ1v) is 7.98. The molecule has 4 heteroatoms. The molecule has 3 rings (SSSR count). The predicted octanol–water partition coefficient (Wildman–Crippen LogP) is 2.11. The third-order valence-corrected chi connectivity index (χ3v) is 4.75. The van der Waals surface area contributed by atoms with Crippen molar-refractivity contribution < 1.29 is 4.79 Å². The van der Waals surface area contributed by atoms with Gasteiger partial charge >= 0.3 is 0 Å². The minimum atomic E-state index is 0.191. The Balaban J connectivity index is 1.74. The summed E-state index contributed by atoms with van der Waals surface area (Å²) in [6.07, 6.45) is 4.71.